The largest absolute Gasteiger partial charge is 0.468 e. The van der Waals surface area contributed by atoms with Crippen molar-refractivity contribution in [1.29, 1.82) is 0 Å². The van der Waals surface area contributed by atoms with Gasteiger partial charge in [-0.05, 0) is 103 Å². The van der Waals surface area contributed by atoms with Crippen molar-refractivity contribution >= 4 is 41.4 Å². The van der Waals surface area contributed by atoms with Crippen LogP contribution < -0.4 is 22.1 Å². The Kier molecular flexibility index (Phi) is 13.6. The first-order valence-electron chi connectivity index (χ1n) is 22.2. The van der Waals surface area contributed by atoms with Crippen LogP contribution in [0.1, 0.15) is 124 Å². The Labute approximate surface area is 370 Å². The quantitative estimate of drug-likeness (QED) is 0.184. The number of aryl methyl sites for hydroxylation is 2. The molecule has 7 rings (SSSR count). The zero-order chi connectivity index (χ0) is 44.5. The highest BCUT2D eigenvalue weighted by Gasteiger charge is 2.46. The van der Waals surface area contributed by atoms with Gasteiger partial charge in [-0.1, -0.05) is 87.5 Å². The number of nitrogens with one attached hydrogen (secondary N) is 2. The fraction of sp³-hybridized carbons (Fsp3) is 0.531. The molecule has 2 aliphatic heterocycles. The molecule has 12 nitrogen and oxygen atoms in total. The van der Waals surface area contributed by atoms with Gasteiger partial charge in [-0.15, -0.1) is 11.8 Å². The van der Waals surface area contributed by atoms with Gasteiger partial charge in [-0.3, -0.25) is 24.0 Å². The third-order valence-electron chi connectivity index (χ3n) is 13.7. The van der Waals surface area contributed by atoms with Crippen molar-refractivity contribution in [3.8, 4) is 0 Å². The van der Waals surface area contributed by atoms with Crippen molar-refractivity contribution in [2.45, 2.75) is 139 Å². The molecule has 0 saturated carbocycles. The Balaban J connectivity index is 1.17. The summed E-state index contributed by atoms with van der Waals surface area (Å²) < 4.78 is 3.99. The molecule has 13 heteroatoms. The van der Waals surface area contributed by atoms with Crippen molar-refractivity contribution in [2.75, 3.05) is 19.4 Å². The lowest BCUT2D eigenvalue weighted by atomic mass is 9.86. The predicted molar refractivity (Wildman–Crippen MR) is 242 cm³/mol. The third kappa shape index (κ3) is 9.60. The maximum absolute atomic E-state index is 14.6. The molecule has 6 N–H and O–H groups in total. The molecule has 2 aliphatic carbocycles. The van der Waals surface area contributed by atoms with Gasteiger partial charge < -0.3 is 36.6 Å². The van der Waals surface area contributed by atoms with E-state index in [1.807, 2.05) is 71.0 Å². The van der Waals surface area contributed by atoms with E-state index in [9.17, 15) is 24.0 Å². The zero-order valence-electron chi connectivity index (χ0n) is 37.1. The van der Waals surface area contributed by atoms with Crippen LogP contribution in [0.15, 0.2) is 66.7 Å². The Morgan fingerprint density at radius 3 is 1.89 bits per heavy atom. The number of nitrogens with two attached hydrogens (primary N) is 2. The highest BCUT2D eigenvalue weighted by molar-refractivity contribution is 8.01. The van der Waals surface area contributed by atoms with Crippen LogP contribution in [0.2, 0.25) is 0 Å². The third-order valence-corrected chi connectivity index (χ3v) is 15.1. The summed E-state index contributed by atoms with van der Waals surface area (Å²) in [7, 11) is 1.32. The second-order valence-corrected chi connectivity index (χ2v) is 20.9. The van der Waals surface area contributed by atoms with Crippen LogP contribution in [0, 0.1) is 5.41 Å². The van der Waals surface area contributed by atoms with E-state index in [0.717, 1.165) is 66.3 Å². The maximum Gasteiger partial charge on any atom is 0.315 e. The number of methoxy groups -OCH3 is 1. The van der Waals surface area contributed by atoms with E-state index >= 15 is 0 Å². The van der Waals surface area contributed by atoms with Crippen LogP contribution in [0.25, 0.3) is 0 Å². The van der Waals surface area contributed by atoms with E-state index in [0.29, 0.717) is 13.0 Å². The van der Waals surface area contributed by atoms with E-state index in [2.05, 4.69) is 41.0 Å². The molecular weight excluding hydrogens is 801 g/mol. The van der Waals surface area contributed by atoms with Crippen molar-refractivity contribution in [3.05, 3.63) is 106 Å². The lowest BCUT2D eigenvalue weighted by Crippen LogP contribution is -2.60. The Hall–Kier alpha value is -4.72. The van der Waals surface area contributed by atoms with Gasteiger partial charge in [-0.2, -0.15) is 0 Å². The first-order chi connectivity index (χ1) is 29.5. The molecular formula is C49H64N6O6S. The molecule has 0 aromatic heterocycles. The number of carbonyl (C=O) groups excluding carboxylic acids is 5. The number of nitrogens with zero attached hydrogens (tertiary/aromatic N) is 2. The van der Waals surface area contributed by atoms with Gasteiger partial charge in [0.1, 0.15) is 12.1 Å². The van der Waals surface area contributed by atoms with Crippen LogP contribution in [-0.2, 0) is 54.5 Å². The Bertz CT molecular complexity index is 2190. The number of ether oxygens (including phenoxy) is 1. The van der Waals surface area contributed by atoms with Gasteiger partial charge in [0, 0.05) is 30.2 Å². The van der Waals surface area contributed by atoms with Gasteiger partial charge in [0.25, 0.3) is 0 Å². The number of hydrogen-bond acceptors (Lipinski definition) is 9. The van der Waals surface area contributed by atoms with E-state index in [1.165, 1.54) is 30.0 Å². The van der Waals surface area contributed by atoms with Gasteiger partial charge >= 0.3 is 5.97 Å². The number of amides is 4. The number of likely N-dealkylation sites (tertiary alicyclic amines) is 1. The lowest BCUT2D eigenvalue weighted by molar-refractivity contribution is -0.143. The summed E-state index contributed by atoms with van der Waals surface area (Å²) in [4.78, 5) is 73.0. The molecule has 332 valence electrons. The van der Waals surface area contributed by atoms with Crippen molar-refractivity contribution in [2.24, 2.45) is 16.9 Å². The normalized spacial score (nSPS) is 23.3. The number of hydrogen-bond donors (Lipinski definition) is 4. The summed E-state index contributed by atoms with van der Waals surface area (Å²) in [5, 5.41) is 6.62. The highest BCUT2D eigenvalue weighted by atomic mass is 32.2. The molecule has 3 aromatic carbocycles. The lowest BCUT2D eigenvalue weighted by Gasteiger charge is -2.41. The van der Waals surface area contributed by atoms with Crippen LogP contribution in [0.3, 0.4) is 0 Å². The van der Waals surface area contributed by atoms with Crippen molar-refractivity contribution < 1.29 is 28.7 Å². The number of benzene rings is 3. The average molecular weight is 865 g/mol. The van der Waals surface area contributed by atoms with E-state index < -0.39 is 40.3 Å². The van der Waals surface area contributed by atoms with Gasteiger partial charge in [0.05, 0.1) is 37.0 Å². The molecule has 4 amide bonds. The molecule has 1 fully saturated rings. The SMILES string of the molecule is COC(=O)CSC(C)(C)[C@H](N)C(=O)N1Cc2cc([C@H]3C[C@@H](C(=O)N[C@@H]4CCCc5ccccc54)N(C(=O)[C@@H](N)C(C)(C)C)C3)ccc2C[C@H]1C(=O)N[C@@H]1CCCc2ccccc21. The summed E-state index contributed by atoms with van der Waals surface area (Å²) in [5.41, 5.74) is 20.3. The standard InChI is InChI=1S/C49H64N6O6S/c1-48(2,3)42(50)46(59)54-27-34(25-40(54)45(58)53-38-20-12-16-30-14-8-10-18-36(30)38)31-21-22-32-24-39(44(57)52-37-19-11-15-29-13-7-9-17-35(29)37)55(26-33(32)23-31)47(60)43(51)49(4,5)62-28-41(56)61-6/h7-10,13-14,17-18,21-23,34,37-40,42-43H,11-12,15-16,19-20,24-28,50-51H2,1-6H3,(H,52,57)(H,53,58)/t34-,37+,38+,39-,40-,42+,43+/m0/s1. The number of carbonyl (C=O) groups is 5. The van der Waals surface area contributed by atoms with E-state index in [4.69, 9.17) is 16.2 Å². The molecule has 3 aromatic rings. The second kappa shape index (κ2) is 18.6. The van der Waals surface area contributed by atoms with Crippen LogP contribution in [-0.4, -0.2) is 87.7 Å². The van der Waals surface area contributed by atoms with Crippen molar-refractivity contribution in [1.82, 2.24) is 20.4 Å². The van der Waals surface area contributed by atoms with Crippen LogP contribution >= 0.6 is 11.8 Å². The molecule has 4 aliphatic rings. The monoisotopic (exact) mass is 864 g/mol. The number of rotatable bonds is 11. The van der Waals surface area contributed by atoms with E-state index in [-0.39, 0.29) is 60.3 Å². The maximum atomic E-state index is 14.6. The first-order valence-corrected chi connectivity index (χ1v) is 23.2. The number of fused-ring (bicyclic) bond motifs is 3. The molecule has 62 heavy (non-hydrogen) atoms. The van der Waals surface area contributed by atoms with Crippen molar-refractivity contribution in [3.63, 3.8) is 0 Å². The smallest absolute Gasteiger partial charge is 0.315 e. The fourth-order valence-corrected chi connectivity index (χ4v) is 10.5. The molecule has 0 bridgehead atoms. The highest BCUT2D eigenvalue weighted by Crippen LogP contribution is 2.39. The number of thioether (sulfide) groups is 1. The predicted octanol–water partition coefficient (Wildman–Crippen LogP) is 5.40. The summed E-state index contributed by atoms with van der Waals surface area (Å²) in [6.07, 6.45) is 6.16. The zero-order valence-corrected chi connectivity index (χ0v) is 37.9. The van der Waals surface area contributed by atoms with Crippen LogP contribution in [0.4, 0.5) is 0 Å². The molecule has 0 unspecified atom stereocenters. The van der Waals surface area contributed by atoms with E-state index in [1.54, 1.807) is 9.80 Å². The van der Waals surface area contributed by atoms with Gasteiger partial charge in [0.2, 0.25) is 23.6 Å². The first kappa shape index (κ1) is 45.3. The number of esters is 1. The molecule has 1 saturated heterocycles. The molecule has 0 radical (unpaired) electrons. The minimum absolute atomic E-state index is 0.0240. The summed E-state index contributed by atoms with van der Waals surface area (Å²) in [6.45, 7) is 9.90. The minimum Gasteiger partial charge on any atom is -0.468 e. The summed E-state index contributed by atoms with van der Waals surface area (Å²) in [5.74, 6) is -1.64. The molecule has 7 atom stereocenters. The van der Waals surface area contributed by atoms with Gasteiger partial charge in [-0.25, -0.2) is 0 Å². The summed E-state index contributed by atoms with van der Waals surface area (Å²) >= 11 is 1.24. The topological polar surface area (TPSA) is 177 Å². The Morgan fingerprint density at radius 1 is 0.742 bits per heavy atom. The minimum atomic E-state index is -1.04. The van der Waals surface area contributed by atoms with Crippen LogP contribution in [0.5, 0.6) is 0 Å². The molecule has 2 heterocycles. The fourth-order valence-electron chi connectivity index (χ4n) is 9.66. The molecule has 0 spiro atoms. The summed E-state index contributed by atoms with van der Waals surface area (Å²) in [6, 6.07) is 18.8. The van der Waals surface area contributed by atoms with Gasteiger partial charge in [0.15, 0.2) is 0 Å². The Morgan fingerprint density at radius 2 is 1.31 bits per heavy atom. The average Bonchev–Trinajstić information content (AvgIpc) is 3.72. The second-order valence-electron chi connectivity index (χ2n) is 19.2.